The summed E-state index contributed by atoms with van der Waals surface area (Å²) in [6, 6.07) is 3.98. The lowest BCUT2D eigenvalue weighted by molar-refractivity contribution is 0.0688. The van der Waals surface area contributed by atoms with Gasteiger partial charge in [0, 0.05) is 18.8 Å². The van der Waals surface area contributed by atoms with Gasteiger partial charge in [-0.15, -0.1) is 0 Å². The average Bonchev–Trinajstić information content (AvgIpc) is 2.94. The van der Waals surface area contributed by atoms with Crippen LogP contribution < -0.4 is 4.74 Å². The highest BCUT2D eigenvalue weighted by Gasteiger charge is 2.28. The van der Waals surface area contributed by atoms with Gasteiger partial charge in [-0.2, -0.15) is 0 Å². The van der Waals surface area contributed by atoms with Crippen molar-refractivity contribution in [3.63, 3.8) is 0 Å². The maximum Gasteiger partial charge on any atom is 0.259 e. The molecule has 0 radical (unpaired) electrons. The Hall–Kier alpha value is -1.58. The molecule has 1 heterocycles. The Morgan fingerprint density at radius 1 is 1.42 bits per heavy atom. The molecule has 1 aromatic rings. The Morgan fingerprint density at radius 3 is 2.79 bits per heavy atom. The summed E-state index contributed by atoms with van der Waals surface area (Å²) < 4.78 is 5.46. The van der Waals surface area contributed by atoms with E-state index in [1.807, 2.05) is 18.7 Å². The zero-order chi connectivity index (χ0) is 13.7. The van der Waals surface area contributed by atoms with Gasteiger partial charge in [-0.1, -0.05) is 12.8 Å². The normalized spacial score (nSPS) is 15.5. The topological polar surface area (TPSA) is 42.4 Å². The van der Waals surface area contributed by atoms with Gasteiger partial charge in [0.25, 0.3) is 5.91 Å². The maximum absolute atomic E-state index is 12.7. The van der Waals surface area contributed by atoms with Crippen LogP contribution in [-0.2, 0) is 0 Å². The predicted molar refractivity (Wildman–Crippen MR) is 74.4 cm³/mol. The third kappa shape index (κ3) is 3.06. The van der Waals surface area contributed by atoms with Crippen molar-refractivity contribution in [3.8, 4) is 5.88 Å². The van der Waals surface area contributed by atoms with Crippen LogP contribution >= 0.6 is 0 Å². The van der Waals surface area contributed by atoms with Crippen LogP contribution in [0.15, 0.2) is 18.3 Å². The van der Waals surface area contributed by atoms with E-state index < -0.39 is 0 Å². The summed E-state index contributed by atoms with van der Waals surface area (Å²) in [5.41, 5.74) is 0.582. The molecule has 19 heavy (non-hydrogen) atoms. The minimum absolute atomic E-state index is 0.0472. The van der Waals surface area contributed by atoms with E-state index in [9.17, 15) is 4.79 Å². The van der Waals surface area contributed by atoms with Crippen molar-refractivity contribution in [3.05, 3.63) is 23.9 Å². The molecule has 0 aliphatic heterocycles. The molecule has 0 saturated heterocycles. The Balaban J connectivity index is 2.21. The molecule has 4 heteroatoms. The second kappa shape index (κ2) is 6.55. The molecule has 1 aliphatic carbocycles. The SMILES string of the molecule is CCOc1ncccc1C(=O)N(CC)C1CCCC1. The first-order chi connectivity index (χ1) is 9.27. The van der Waals surface area contributed by atoms with E-state index in [4.69, 9.17) is 4.74 Å². The quantitative estimate of drug-likeness (QED) is 0.819. The molecule has 0 N–H and O–H groups in total. The van der Waals surface area contributed by atoms with Crippen LogP contribution in [0.2, 0.25) is 0 Å². The van der Waals surface area contributed by atoms with Gasteiger partial charge in [-0.3, -0.25) is 4.79 Å². The number of pyridine rings is 1. The summed E-state index contributed by atoms with van der Waals surface area (Å²) in [6.07, 6.45) is 6.33. The first-order valence-electron chi connectivity index (χ1n) is 7.16. The summed E-state index contributed by atoms with van der Waals surface area (Å²) in [5.74, 6) is 0.498. The van der Waals surface area contributed by atoms with Gasteiger partial charge in [-0.05, 0) is 38.8 Å². The summed E-state index contributed by atoms with van der Waals surface area (Å²) in [6.45, 7) is 5.20. The molecule has 1 amide bonds. The van der Waals surface area contributed by atoms with Crippen LogP contribution in [0.3, 0.4) is 0 Å². The number of hydrogen-bond donors (Lipinski definition) is 0. The first kappa shape index (κ1) is 13.8. The largest absolute Gasteiger partial charge is 0.477 e. The molecule has 4 nitrogen and oxygen atoms in total. The Morgan fingerprint density at radius 2 is 2.16 bits per heavy atom. The van der Waals surface area contributed by atoms with Crippen molar-refractivity contribution < 1.29 is 9.53 Å². The molecule has 104 valence electrons. The fourth-order valence-electron chi connectivity index (χ4n) is 2.74. The number of nitrogens with zero attached hydrogens (tertiary/aromatic N) is 2. The van der Waals surface area contributed by atoms with Crippen molar-refractivity contribution in [1.29, 1.82) is 0 Å². The third-order valence-corrected chi connectivity index (χ3v) is 3.65. The van der Waals surface area contributed by atoms with E-state index >= 15 is 0 Å². The minimum atomic E-state index is 0.0472. The first-order valence-corrected chi connectivity index (χ1v) is 7.16. The van der Waals surface area contributed by atoms with Crippen LogP contribution in [0.25, 0.3) is 0 Å². The molecule has 0 aromatic carbocycles. The molecule has 0 atom stereocenters. The molecular formula is C15H22N2O2. The van der Waals surface area contributed by atoms with Gasteiger partial charge in [0.1, 0.15) is 5.56 Å². The number of amides is 1. The minimum Gasteiger partial charge on any atom is -0.477 e. The Labute approximate surface area is 114 Å². The van der Waals surface area contributed by atoms with Crippen LogP contribution in [0.4, 0.5) is 0 Å². The summed E-state index contributed by atoms with van der Waals surface area (Å²) >= 11 is 0. The molecule has 2 rings (SSSR count). The van der Waals surface area contributed by atoms with Crippen molar-refractivity contribution in [2.24, 2.45) is 0 Å². The zero-order valence-electron chi connectivity index (χ0n) is 11.8. The van der Waals surface area contributed by atoms with E-state index in [0.717, 1.165) is 19.4 Å². The van der Waals surface area contributed by atoms with Gasteiger partial charge >= 0.3 is 0 Å². The Bertz CT molecular complexity index is 428. The summed E-state index contributed by atoms with van der Waals surface area (Å²) in [4.78, 5) is 18.8. The van der Waals surface area contributed by atoms with Gasteiger partial charge in [0.05, 0.1) is 6.61 Å². The fraction of sp³-hybridized carbons (Fsp3) is 0.600. The Kier molecular flexibility index (Phi) is 4.77. The number of ether oxygens (including phenoxy) is 1. The zero-order valence-corrected chi connectivity index (χ0v) is 11.8. The lowest BCUT2D eigenvalue weighted by Gasteiger charge is -2.28. The fourth-order valence-corrected chi connectivity index (χ4v) is 2.74. The predicted octanol–water partition coefficient (Wildman–Crippen LogP) is 2.89. The average molecular weight is 262 g/mol. The second-order valence-corrected chi connectivity index (χ2v) is 4.82. The third-order valence-electron chi connectivity index (χ3n) is 3.65. The number of hydrogen-bond acceptors (Lipinski definition) is 3. The molecular weight excluding hydrogens is 240 g/mol. The van der Waals surface area contributed by atoms with Crippen LogP contribution in [0.1, 0.15) is 49.9 Å². The smallest absolute Gasteiger partial charge is 0.259 e. The van der Waals surface area contributed by atoms with Crippen molar-refractivity contribution >= 4 is 5.91 Å². The lowest BCUT2D eigenvalue weighted by Crippen LogP contribution is -2.38. The summed E-state index contributed by atoms with van der Waals surface area (Å²) in [7, 11) is 0. The van der Waals surface area contributed by atoms with Gasteiger partial charge in [0.15, 0.2) is 0 Å². The van der Waals surface area contributed by atoms with Gasteiger partial charge in [-0.25, -0.2) is 4.98 Å². The summed E-state index contributed by atoms with van der Waals surface area (Å²) in [5, 5.41) is 0. The highest BCUT2D eigenvalue weighted by atomic mass is 16.5. The van der Waals surface area contributed by atoms with E-state index in [0.29, 0.717) is 24.1 Å². The van der Waals surface area contributed by atoms with E-state index in [1.54, 1.807) is 18.3 Å². The number of rotatable bonds is 5. The number of carbonyl (C=O) groups is 1. The van der Waals surface area contributed by atoms with E-state index in [-0.39, 0.29) is 5.91 Å². The molecule has 1 aliphatic rings. The van der Waals surface area contributed by atoms with Gasteiger partial charge in [0.2, 0.25) is 5.88 Å². The lowest BCUT2D eigenvalue weighted by atomic mass is 10.1. The van der Waals surface area contributed by atoms with Crippen molar-refractivity contribution in [2.45, 2.75) is 45.6 Å². The molecule has 0 bridgehead atoms. The van der Waals surface area contributed by atoms with Crippen molar-refractivity contribution in [1.82, 2.24) is 9.88 Å². The molecule has 1 fully saturated rings. The molecule has 1 aromatic heterocycles. The van der Waals surface area contributed by atoms with Crippen LogP contribution in [-0.4, -0.2) is 35.0 Å². The standard InChI is InChI=1S/C15H22N2O2/c1-3-17(12-8-5-6-9-12)15(18)13-10-7-11-16-14(13)19-4-2/h7,10-12H,3-6,8-9H2,1-2H3. The monoisotopic (exact) mass is 262 g/mol. The van der Waals surface area contributed by atoms with Crippen molar-refractivity contribution in [2.75, 3.05) is 13.2 Å². The van der Waals surface area contributed by atoms with Crippen LogP contribution in [0.5, 0.6) is 5.88 Å². The highest BCUT2D eigenvalue weighted by molar-refractivity contribution is 5.96. The van der Waals surface area contributed by atoms with E-state index in [1.165, 1.54) is 12.8 Å². The van der Waals surface area contributed by atoms with Crippen LogP contribution in [0, 0.1) is 0 Å². The highest BCUT2D eigenvalue weighted by Crippen LogP contribution is 2.26. The molecule has 0 unspecified atom stereocenters. The number of carbonyl (C=O) groups excluding carboxylic acids is 1. The number of aromatic nitrogens is 1. The second-order valence-electron chi connectivity index (χ2n) is 4.82. The molecule has 0 spiro atoms. The van der Waals surface area contributed by atoms with E-state index in [2.05, 4.69) is 4.98 Å². The van der Waals surface area contributed by atoms with Gasteiger partial charge < -0.3 is 9.64 Å². The maximum atomic E-state index is 12.7. The molecule has 1 saturated carbocycles.